The predicted octanol–water partition coefficient (Wildman–Crippen LogP) is 2.18. The van der Waals surface area contributed by atoms with Crippen molar-refractivity contribution in [3.8, 4) is 0 Å². The Hall–Kier alpha value is -2.65. The Morgan fingerprint density at radius 2 is 2.16 bits per heavy atom. The van der Waals surface area contributed by atoms with Crippen LogP contribution in [0.1, 0.15) is 45.6 Å². The van der Waals surface area contributed by atoms with Crippen LogP contribution in [-0.4, -0.2) is 64.2 Å². The number of aromatic nitrogens is 3. The molecule has 0 radical (unpaired) electrons. The number of piperidine rings is 1. The molecular formula is C22H36N8O. The molecule has 2 atom stereocenters. The van der Waals surface area contributed by atoms with E-state index in [4.69, 9.17) is 10.4 Å². The Balaban J connectivity index is 1.84. The first kappa shape index (κ1) is 23.0. The zero-order chi connectivity index (χ0) is 22.4. The standard InChI is InChI=1S/C22H36N8O/c1-14(2)18-12-27-30-21(26-11-17(5-7-23)28-15(3)4)9-20(29-22(18)30)25-10-16-6-8-24-13-19(16)31/h5,7,9,12,14-16,19,23-24,26,28,31H,6,8,10-11,13H2,1-4H3,(H,25,29)/b17-5-,23-7?/t16-,19+/m1/s1. The quantitative estimate of drug-likeness (QED) is 0.321. The van der Waals surface area contributed by atoms with Crippen LogP contribution in [-0.2, 0) is 0 Å². The van der Waals surface area contributed by atoms with E-state index < -0.39 is 0 Å². The van der Waals surface area contributed by atoms with E-state index in [1.165, 1.54) is 6.21 Å². The highest BCUT2D eigenvalue weighted by Gasteiger charge is 2.23. The van der Waals surface area contributed by atoms with E-state index in [-0.39, 0.29) is 18.1 Å². The fourth-order valence-corrected chi connectivity index (χ4v) is 3.79. The van der Waals surface area contributed by atoms with Gasteiger partial charge in [-0.05, 0) is 38.8 Å². The van der Waals surface area contributed by atoms with E-state index in [2.05, 4.69) is 54.1 Å². The largest absolute Gasteiger partial charge is 0.391 e. The number of allylic oxidation sites excluding steroid dienone is 1. The second-order valence-corrected chi connectivity index (χ2v) is 8.73. The van der Waals surface area contributed by atoms with Gasteiger partial charge in [-0.3, -0.25) is 0 Å². The number of anilines is 2. The molecule has 0 saturated carbocycles. The summed E-state index contributed by atoms with van der Waals surface area (Å²) >= 11 is 0. The molecule has 0 aromatic carbocycles. The molecule has 1 aliphatic heterocycles. The highest BCUT2D eigenvalue weighted by atomic mass is 16.3. The first-order valence-electron chi connectivity index (χ1n) is 11.1. The molecule has 31 heavy (non-hydrogen) atoms. The van der Waals surface area contributed by atoms with Crippen molar-refractivity contribution in [2.75, 3.05) is 36.8 Å². The number of hydrogen-bond acceptors (Lipinski definition) is 8. The van der Waals surface area contributed by atoms with Crippen molar-refractivity contribution in [3.63, 3.8) is 0 Å². The van der Waals surface area contributed by atoms with Crippen molar-refractivity contribution in [2.24, 2.45) is 5.92 Å². The molecule has 2 aromatic rings. The summed E-state index contributed by atoms with van der Waals surface area (Å²) in [5, 5.41) is 35.7. The summed E-state index contributed by atoms with van der Waals surface area (Å²) in [6.07, 6.45) is 5.51. The van der Waals surface area contributed by atoms with E-state index in [1.54, 1.807) is 6.08 Å². The van der Waals surface area contributed by atoms with E-state index in [9.17, 15) is 5.11 Å². The minimum Gasteiger partial charge on any atom is -0.391 e. The van der Waals surface area contributed by atoms with Gasteiger partial charge in [-0.25, -0.2) is 4.98 Å². The fourth-order valence-electron chi connectivity index (χ4n) is 3.79. The summed E-state index contributed by atoms with van der Waals surface area (Å²) in [5.41, 5.74) is 2.84. The second kappa shape index (κ2) is 10.6. The molecule has 1 aliphatic rings. The molecule has 1 fully saturated rings. The molecule has 0 unspecified atom stereocenters. The van der Waals surface area contributed by atoms with Crippen LogP contribution in [0.4, 0.5) is 11.6 Å². The zero-order valence-electron chi connectivity index (χ0n) is 18.9. The average Bonchev–Trinajstić information content (AvgIpc) is 3.15. The summed E-state index contributed by atoms with van der Waals surface area (Å²) in [7, 11) is 0. The van der Waals surface area contributed by atoms with Gasteiger partial charge in [0.1, 0.15) is 11.6 Å². The van der Waals surface area contributed by atoms with Crippen molar-refractivity contribution < 1.29 is 5.11 Å². The number of fused-ring (bicyclic) bond motifs is 1. The van der Waals surface area contributed by atoms with Crippen LogP contribution in [0.5, 0.6) is 0 Å². The molecule has 9 nitrogen and oxygen atoms in total. The number of aliphatic hydroxyl groups is 1. The van der Waals surface area contributed by atoms with Crippen molar-refractivity contribution in [2.45, 2.75) is 52.2 Å². The molecule has 9 heteroatoms. The number of hydrogen-bond donors (Lipinski definition) is 6. The third kappa shape index (κ3) is 5.95. The number of rotatable bonds is 10. The number of β-amino-alcohol motifs (C(OH)–C–C–N with tert-alkyl or cyclic N) is 1. The van der Waals surface area contributed by atoms with E-state index in [1.807, 2.05) is 16.8 Å². The lowest BCUT2D eigenvalue weighted by molar-refractivity contribution is 0.0883. The predicted molar refractivity (Wildman–Crippen MR) is 126 cm³/mol. The first-order chi connectivity index (χ1) is 14.9. The lowest BCUT2D eigenvalue weighted by Gasteiger charge is -2.28. The Kier molecular flexibility index (Phi) is 7.86. The Morgan fingerprint density at radius 3 is 2.84 bits per heavy atom. The van der Waals surface area contributed by atoms with Gasteiger partial charge in [0, 0.05) is 48.6 Å². The van der Waals surface area contributed by atoms with Crippen LogP contribution >= 0.6 is 0 Å². The van der Waals surface area contributed by atoms with Gasteiger partial charge in [-0.1, -0.05) is 13.8 Å². The van der Waals surface area contributed by atoms with E-state index in [0.717, 1.165) is 41.5 Å². The smallest absolute Gasteiger partial charge is 0.163 e. The van der Waals surface area contributed by atoms with Gasteiger partial charge in [0.05, 0.1) is 18.8 Å². The van der Waals surface area contributed by atoms with Gasteiger partial charge < -0.3 is 31.8 Å². The minimum atomic E-state index is -0.348. The highest BCUT2D eigenvalue weighted by molar-refractivity contribution is 5.69. The maximum Gasteiger partial charge on any atom is 0.163 e. The summed E-state index contributed by atoms with van der Waals surface area (Å²) in [5.74, 6) is 2.09. The second-order valence-electron chi connectivity index (χ2n) is 8.73. The summed E-state index contributed by atoms with van der Waals surface area (Å²) in [4.78, 5) is 4.82. The Bertz CT molecular complexity index is 904. The minimum absolute atomic E-state index is 0.197. The van der Waals surface area contributed by atoms with Crippen LogP contribution in [0.3, 0.4) is 0 Å². The van der Waals surface area contributed by atoms with Gasteiger partial charge in [-0.15, -0.1) is 0 Å². The molecule has 0 spiro atoms. The van der Waals surface area contributed by atoms with Gasteiger partial charge in [-0.2, -0.15) is 9.61 Å². The first-order valence-corrected chi connectivity index (χ1v) is 11.1. The van der Waals surface area contributed by atoms with Crippen LogP contribution in [0.15, 0.2) is 24.0 Å². The van der Waals surface area contributed by atoms with Crippen LogP contribution in [0, 0.1) is 11.3 Å². The maximum atomic E-state index is 10.2. The molecule has 6 N–H and O–H groups in total. The summed E-state index contributed by atoms with van der Waals surface area (Å²) in [6.45, 7) is 11.2. The third-order valence-corrected chi connectivity index (χ3v) is 5.47. The zero-order valence-corrected chi connectivity index (χ0v) is 18.9. The molecule has 0 amide bonds. The van der Waals surface area contributed by atoms with Crippen LogP contribution in [0.25, 0.3) is 5.65 Å². The van der Waals surface area contributed by atoms with Crippen LogP contribution < -0.4 is 21.3 Å². The summed E-state index contributed by atoms with van der Waals surface area (Å²) in [6, 6.07) is 2.23. The van der Waals surface area contributed by atoms with E-state index >= 15 is 0 Å². The van der Waals surface area contributed by atoms with Crippen molar-refractivity contribution in [1.29, 1.82) is 5.41 Å². The number of nitrogens with zero attached hydrogens (tertiary/aromatic N) is 3. The summed E-state index contributed by atoms with van der Waals surface area (Å²) < 4.78 is 1.83. The molecule has 3 heterocycles. The normalized spacial score (nSPS) is 19.8. The lowest BCUT2D eigenvalue weighted by Crippen LogP contribution is -2.43. The monoisotopic (exact) mass is 428 g/mol. The maximum absolute atomic E-state index is 10.2. The van der Waals surface area contributed by atoms with Crippen molar-refractivity contribution in [1.82, 2.24) is 25.2 Å². The lowest BCUT2D eigenvalue weighted by atomic mass is 9.95. The third-order valence-electron chi connectivity index (χ3n) is 5.47. The van der Waals surface area contributed by atoms with Crippen LogP contribution in [0.2, 0.25) is 0 Å². The van der Waals surface area contributed by atoms with Gasteiger partial charge >= 0.3 is 0 Å². The molecule has 3 rings (SSSR count). The molecular weight excluding hydrogens is 392 g/mol. The molecule has 0 bridgehead atoms. The average molecular weight is 429 g/mol. The Morgan fingerprint density at radius 1 is 1.35 bits per heavy atom. The molecule has 1 saturated heterocycles. The number of nitrogens with one attached hydrogen (secondary N) is 5. The van der Waals surface area contributed by atoms with Gasteiger partial charge in [0.25, 0.3) is 0 Å². The van der Waals surface area contributed by atoms with Gasteiger partial charge in [0.15, 0.2) is 5.65 Å². The SMILES string of the molecule is CC(C)N/C(=C\C=N)CNc1cc(NC[C@H]2CCNC[C@@H]2O)nc2c(C(C)C)cnn12. The molecule has 170 valence electrons. The number of aliphatic hydroxyl groups excluding tert-OH is 1. The molecule has 0 aliphatic carbocycles. The topological polar surface area (TPSA) is 122 Å². The van der Waals surface area contributed by atoms with E-state index in [0.29, 0.717) is 25.6 Å². The van der Waals surface area contributed by atoms with Crippen molar-refractivity contribution >= 4 is 23.5 Å². The fraction of sp³-hybridized carbons (Fsp3) is 0.591. The Labute approximate surface area is 184 Å². The molecule has 2 aromatic heterocycles. The van der Waals surface area contributed by atoms with Crippen molar-refractivity contribution in [3.05, 3.63) is 29.6 Å². The highest BCUT2D eigenvalue weighted by Crippen LogP contribution is 2.24. The van der Waals surface area contributed by atoms with Gasteiger partial charge in [0.2, 0.25) is 0 Å².